The Balaban J connectivity index is 1.44. The number of thiophene rings is 1. The third kappa shape index (κ3) is 6.69. The first kappa shape index (κ1) is 26.7. The van der Waals surface area contributed by atoms with Crippen LogP contribution in [0.5, 0.6) is 0 Å². The van der Waals surface area contributed by atoms with Gasteiger partial charge in [-0.25, -0.2) is 0 Å². The molecular weight excluding hydrogens is 508 g/mol. The van der Waals surface area contributed by atoms with Crippen LogP contribution in [-0.4, -0.2) is 39.5 Å². The quantitative estimate of drug-likeness (QED) is 0.266. The van der Waals surface area contributed by atoms with Gasteiger partial charge in [0.15, 0.2) is 0 Å². The number of benzene rings is 1. The largest absolute Gasteiger partial charge is 0.342 e. The van der Waals surface area contributed by atoms with Crippen molar-refractivity contribution in [1.82, 2.24) is 15.6 Å². The zero-order valence-electron chi connectivity index (χ0n) is 20.1. The van der Waals surface area contributed by atoms with Crippen LogP contribution in [0.1, 0.15) is 36.8 Å². The summed E-state index contributed by atoms with van der Waals surface area (Å²) in [5, 5.41) is 11.4. The van der Waals surface area contributed by atoms with Crippen LogP contribution in [0.3, 0.4) is 0 Å². The van der Waals surface area contributed by atoms with Crippen molar-refractivity contribution in [3.8, 4) is 11.3 Å². The fourth-order valence-electron chi connectivity index (χ4n) is 4.56. The van der Waals surface area contributed by atoms with Crippen molar-refractivity contribution >= 4 is 41.7 Å². The summed E-state index contributed by atoms with van der Waals surface area (Å²) in [6.45, 7) is 0. The lowest BCUT2D eigenvalue weighted by Crippen LogP contribution is -2.61. The Bertz CT molecular complexity index is 1230. The average Bonchev–Trinajstić information content (AvgIpc) is 3.62. The maximum Gasteiger partial charge on any atom is 0.308 e. The van der Waals surface area contributed by atoms with Crippen molar-refractivity contribution in [3.63, 3.8) is 0 Å². The van der Waals surface area contributed by atoms with E-state index in [1.807, 2.05) is 53.2 Å². The Labute approximate surface area is 224 Å². The molecule has 8 nitrogen and oxygen atoms in total. The fraction of sp³-hybridized carbons (Fsp3) is 0.333. The van der Waals surface area contributed by atoms with E-state index in [2.05, 4.69) is 33.4 Å². The number of carbonyl (C=O) groups is 3. The van der Waals surface area contributed by atoms with Crippen molar-refractivity contribution in [3.05, 3.63) is 81.5 Å². The van der Waals surface area contributed by atoms with Gasteiger partial charge in [-0.2, -0.15) is 24.0 Å². The molecule has 0 spiro atoms. The molecule has 0 bridgehead atoms. The highest BCUT2D eigenvalue weighted by Gasteiger charge is 2.44. The molecule has 1 aliphatic carbocycles. The summed E-state index contributed by atoms with van der Waals surface area (Å²) in [5.74, 6) is -1.83. The summed E-state index contributed by atoms with van der Waals surface area (Å²) in [4.78, 5) is 54.4. The maximum atomic E-state index is 13.5. The van der Waals surface area contributed by atoms with Gasteiger partial charge in [0.25, 0.3) is 0 Å². The predicted molar refractivity (Wildman–Crippen MR) is 146 cm³/mol. The highest BCUT2D eigenvalue weighted by molar-refractivity contribution is 7.81. The lowest BCUT2D eigenvalue weighted by Gasteiger charge is -2.31. The Hall–Kier alpha value is -3.37. The molecular formula is C27H28N4O4S2. The second-order valence-corrected chi connectivity index (χ2v) is 10.6. The number of pyridine rings is 1. The van der Waals surface area contributed by atoms with Gasteiger partial charge in [-0.15, -0.1) is 4.91 Å². The van der Waals surface area contributed by atoms with Crippen LogP contribution in [0, 0.1) is 4.91 Å². The minimum absolute atomic E-state index is 0.0560. The molecule has 2 heterocycles. The topological polar surface area (TPSA) is 118 Å². The Morgan fingerprint density at radius 2 is 1.78 bits per heavy atom. The summed E-state index contributed by atoms with van der Waals surface area (Å²) in [6.07, 6.45) is 4.46. The number of hydrogen-bond donors (Lipinski definition) is 3. The standard InChI is InChI=1S/C27H28N4O4S2/c32-24(31-35)22(14-19-8-9-21(28-16-19)20-10-13-37-17-20)29-26(34)27(11-4-5-12-27)30-25(33)23(36)15-18-6-2-1-3-7-18/h1-3,6-10,13,16-17,22-23,36H,4-5,11-12,14-15H2,(H,29,34)(H,30,33)/t22?,23-/m0/s1. The minimum Gasteiger partial charge on any atom is -0.342 e. The van der Waals surface area contributed by atoms with Crippen LogP contribution in [-0.2, 0) is 27.2 Å². The number of nitrogens with zero attached hydrogens (tertiary/aromatic N) is 2. The summed E-state index contributed by atoms with van der Waals surface area (Å²) in [7, 11) is 0. The van der Waals surface area contributed by atoms with Crippen molar-refractivity contribution in [1.29, 1.82) is 0 Å². The van der Waals surface area contributed by atoms with E-state index in [4.69, 9.17) is 0 Å². The van der Waals surface area contributed by atoms with Crippen LogP contribution in [0.2, 0.25) is 0 Å². The molecule has 37 heavy (non-hydrogen) atoms. The molecule has 2 atom stereocenters. The highest BCUT2D eigenvalue weighted by atomic mass is 32.1. The number of nitroso groups, excluding NO2 is 1. The molecule has 1 aliphatic rings. The summed E-state index contributed by atoms with van der Waals surface area (Å²) in [5.41, 5.74) is 2.24. The molecule has 10 heteroatoms. The third-order valence-corrected chi connectivity index (χ3v) is 7.70. The second kappa shape index (κ2) is 12.2. The van der Waals surface area contributed by atoms with Gasteiger partial charge in [-0.1, -0.05) is 49.2 Å². The van der Waals surface area contributed by atoms with Crippen molar-refractivity contribution in [2.24, 2.45) is 5.18 Å². The number of aromatic nitrogens is 1. The van der Waals surface area contributed by atoms with E-state index in [-0.39, 0.29) is 12.3 Å². The number of amides is 3. The van der Waals surface area contributed by atoms with Crippen LogP contribution in [0.15, 0.2) is 70.7 Å². The average molecular weight is 537 g/mol. The molecule has 1 aromatic carbocycles. The fourth-order valence-corrected chi connectivity index (χ4v) is 5.48. The van der Waals surface area contributed by atoms with Gasteiger partial charge in [0.2, 0.25) is 11.8 Å². The molecule has 4 rings (SSSR count). The molecule has 192 valence electrons. The Morgan fingerprint density at radius 1 is 1.03 bits per heavy atom. The van der Waals surface area contributed by atoms with E-state index in [0.29, 0.717) is 24.8 Å². The molecule has 2 N–H and O–H groups in total. The first-order valence-electron chi connectivity index (χ1n) is 12.1. The maximum absolute atomic E-state index is 13.5. The van der Waals surface area contributed by atoms with Gasteiger partial charge in [-0.3, -0.25) is 19.4 Å². The predicted octanol–water partition coefficient (Wildman–Crippen LogP) is 4.10. The lowest BCUT2D eigenvalue weighted by molar-refractivity contribution is -0.135. The number of hydrogen-bond acceptors (Lipinski definition) is 7. The van der Waals surface area contributed by atoms with Crippen molar-refractivity contribution < 1.29 is 14.4 Å². The molecule has 2 aromatic heterocycles. The van der Waals surface area contributed by atoms with Gasteiger partial charge < -0.3 is 10.6 Å². The normalized spacial score (nSPS) is 15.9. The lowest BCUT2D eigenvalue weighted by atomic mass is 9.94. The second-order valence-electron chi connectivity index (χ2n) is 9.21. The van der Waals surface area contributed by atoms with Crippen molar-refractivity contribution in [2.75, 3.05) is 0 Å². The Kier molecular flexibility index (Phi) is 8.83. The van der Waals surface area contributed by atoms with Gasteiger partial charge in [0, 0.05) is 28.7 Å². The van der Waals surface area contributed by atoms with Crippen LogP contribution >= 0.6 is 24.0 Å². The molecule has 0 saturated heterocycles. The monoisotopic (exact) mass is 536 g/mol. The first-order valence-corrected chi connectivity index (χ1v) is 13.6. The zero-order valence-corrected chi connectivity index (χ0v) is 21.8. The van der Waals surface area contributed by atoms with Crippen LogP contribution in [0.4, 0.5) is 0 Å². The molecule has 3 aromatic rings. The van der Waals surface area contributed by atoms with Gasteiger partial charge in [0.1, 0.15) is 11.6 Å². The third-order valence-electron chi connectivity index (χ3n) is 6.60. The highest BCUT2D eigenvalue weighted by Crippen LogP contribution is 2.31. The zero-order chi connectivity index (χ0) is 26.3. The molecule has 1 unspecified atom stereocenters. The molecule has 0 radical (unpaired) electrons. The van der Waals surface area contributed by atoms with Crippen LogP contribution in [0.25, 0.3) is 11.3 Å². The van der Waals surface area contributed by atoms with E-state index in [0.717, 1.165) is 29.7 Å². The molecule has 1 fully saturated rings. The van der Waals surface area contributed by atoms with Crippen molar-refractivity contribution in [2.45, 2.75) is 55.4 Å². The molecule has 1 saturated carbocycles. The number of nitrogens with one attached hydrogen (secondary N) is 2. The number of thiol groups is 1. The van der Waals surface area contributed by atoms with E-state index in [9.17, 15) is 19.3 Å². The first-order chi connectivity index (χ1) is 17.9. The van der Waals surface area contributed by atoms with E-state index in [1.54, 1.807) is 23.6 Å². The summed E-state index contributed by atoms with van der Waals surface area (Å²) < 4.78 is 0. The minimum atomic E-state index is -1.17. The van der Waals surface area contributed by atoms with Gasteiger partial charge in [0.05, 0.1) is 10.9 Å². The van der Waals surface area contributed by atoms with Gasteiger partial charge >= 0.3 is 5.91 Å². The van der Waals surface area contributed by atoms with Gasteiger partial charge in [-0.05, 0) is 47.9 Å². The van der Waals surface area contributed by atoms with E-state index >= 15 is 0 Å². The van der Waals surface area contributed by atoms with E-state index in [1.165, 1.54) is 0 Å². The molecule has 0 aliphatic heterocycles. The summed E-state index contributed by atoms with van der Waals surface area (Å²) in [6, 6.07) is 13.9. The van der Waals surface area contributed by atoms with Crippen LogP contribution < -0.4 is 10.6 Å². The van der Waals surface area contributed by atoms with E-state index < -0.39 is 28.6 Å². The Morgan fingerprint density at radius 3 is 2.41 bits per heavy atom. The summed E-state index contributed by atoms with van der Waals surface area (Å²) >= 11 is 6.03. The molecule has 3 amide bonds. The number of rotatable bonds is 10. The smallest absolute Gasteiger partial charge is 0.308 e. The SMILES string of the molecule is O=NC(=O)C(Cc1ccc(-c2ccsc2)nc1)NC(=O)C1(NC(=O)[C@@H](S)Cc2ccccc2)CCCC1. The number of carbonyl (C=O) groups excluding carboxylic acids is 3.